The van der Waals surface area contributed by atoms with E-state index in [9.17, 15) is 0 Å². The molecule has 0 aliphatic carbocycles. The Bertz CT molecular complexity index is 788. The van der Waals surface area contributed by atoms with Crippen molar-refractivity contribution < 1.29 is 0 Å². The van der Waals surface area contributed by atoms with Crippen LogP contribution in [0.4, 0.5) is 0 Å². The largest absolute Gasteiger partial charge is 0.264 e. The molecule has 1 aromatic carbocycles. The fourth-order valence-electron chi connectivity index (χ4n) is 3.00. The van der Waals surface area contributed by atoms with Crippen LogP contribution in [0.1, 0.15) is 38.8 Å². The van der Waals surface area contributed by atoms with Crippen molar-refractivity contribution in [1.29, 1.82) is 0 Å². The van der Waals surface area contributed by atoms with Gasteiger partial charge in [0.25, 0.3) is 0 Å². The van der Waals surface area contributed by atoms with Gasteiger partial charge in [-0.3, -0.25) is 9.97 Å². The number of pyridine rings is 2. The topological polar surface area (TPSA) is 25.8 Å². The van der Waals surface area contributed by atoms with Crippen molar-refractivity contribution in [3.63, 3.8) is 0 Å². The summed E-state index contributed by atoms with van der Waals surface area (Å²) in [6.07, 6.45) is 5.80. The molecule has 2 heterocycles. The highest BCUT2D eigenvalue weighted by molar-refractivity contribution is 5.59. The summed E-state index contributed by atoms with van der Waals surface area (Å²) >= 11 is 0. The minimum Gasteiger partial charge on any atom is -0.264 e. The average molecular weight is 316 g/mol. The van der Waals surface area contributed by atoms with E-state index in [2.05, 4.69) is 63.0 Å². The van der Waals surface area contributed by atoms with Crippen LogP contribution < -0.4 is 0 Å². The molecule has 0 aliphatic heterocycles. The van der Waals surface area contributed by atoms with E-state index >= 15 is 0 Å². The Morgan fingerprint density at radius 1 is 0.667 bits per heavy atom. The Morgan fingerprint density at radius 3 is 1.88 bits per heavy atom. The van der Waals surface area contributed by atoms with Gasteiger partial charge in [0.05, 0.1) is 5.69 Å². The van der Waals surface area contributed by atoms with Gasteiger partial charge >= 0.3 is 0 Å². The number of hydrogen-bond acceptors (Lipinski definition) is 2. The zero-order valence-corrected chi connectivity index (χ0v) is 14.8. The predicted octanol–water partition coefficient (Wildman–Crippen LogP) is 5.40. The first-order chi connectivity index (χ1) is 11.4. The molecule has 0 unspecified atom stereocenters. The number of nitrogens with zero attached hydrogens (tertiary/aromatic N) is 2. The molecule has 3 aromatic rings. The standard InChI is InChI=1S/C22H24N2/c1-21(2,18-11-8-14-23-15-18)22(3,4)19-12-13-20(24-16-19)17-9-6-5-7-10-17/h5-16H,1-4H3. The molecule has 2 nitrogen and oxygen atoms in total. The third kappa shape index (κ3) is 2.84. The van der Waals surface area contributed by atoms with E-state index in [1.54, 1.807) is 0 Å². The van der Waals surface area contributed by atoms with E-state index < -0.39 is 0 Å². The summed E-state index contributed by atoms with van der Waals surface area (Å²) in [6, 6.07) is 18.8. The lowest BCUT2D eigenvalue weighted by atomic mass is 9.61. The van der Waals surface area contributed by atoms with E-state index in [4.69, 9.17) is 4.98 Å². The van der Waals surface area contributed by atoms with Gasteiger partial charge in [0.15, 0.2) is 0 Å². The normalized spacial score (nSPS) is 12.2. The van der Waals surface area contributed by atoms with Crippen molar-refractivity contribution in [2.75, 3.05) is 0 Å². The maximum Gasteiger partial charge on any atom is 0.0702 e. The van der Waals surface area contributed by atoms with Gasteiger partial charge < -0.3 is 0 Å². The van der Waals surface area contributed by atoms with Crippen LogP contribution in [-0.2, 0) is 10.8 Å². The van der Waals surface area contributed by atoms with Gasteiger partial charge in [0.1, 0.15) is 0 Å². The van der Waals surface area contributed by atoms with Crippen molar-refractivity contribution >= 4 is 0 Å². The van der Waals surface area contributed by atoms with Crippen LogP contribution >= 0.6 is 0 Å². The Morgan fingerprint density at radius 2 is 1.33 bits per heavy atom. The molecule has 0 N–H and O–H groups in total. The SMILES string of the molecule is CC(C)(c1cccnc1)C(C)(C)c1ccc(-c2ccccc2)nc1. The average Bonchev–Trinajstić information content (AvgIpc) is 2.63. The molecule has 0 atom stereocenters. The molecule has 0 saturated carbocycles. The van der Waals surface area contributed by atoms with E-state index in [-0.39, 0.29) is 10.8 Å². The summed E-state index contributed by atoms with van der Waals surface area (Å²) < 4.78 is 0. The predicted molar refractivity (Wildman–Crippen MR) is 100.0 cm³/mol. The van der Waals surface area contributed by atoms with Crippen molar-refractivity contribution in [3.05, 3.63) is 84.3 Å². The Balaban J connectivity index is 1.95. The number of rotatable bonds is 4. The fraction of sp³-hybridized carbons (Fsp3) is 0.273. The van der Waals surface area contributed by atoms with Gasteiger partial charge in [-0.05, 0) is 23.3 Å². The first-order valence-electron chi connectivity index (χ1n) is 8.35. The Kier molecular flexibility index (Phi) is 4.23. The van der Waals surface area contributed by atoms with E-state index in [0.29, 0.717) is 0 Å². The van der Waals surface area contributed by atoms with Gasteiger partial charge in [0, 0.05) is 35.0 Å². The van der Waals surface area contributed by atoms with Gasteiger partial charge in [-0.15, -0.1) is 0 Å². The highest BCUT2D eigenvalue weighted by atomic mass is 14.7. The Hall–Kier alpha value is -2.48. The van der Waals surface area contributed by atoms with Gasteiger partial charge in [0.2, 0.25) is 0 Å². The monoisotopic (exact) mass is 316 g/mol. The molecule has 2 heteroatoms. The molecule has 2 aromatic heterocycles. The zero-order chi connectivity index (χ0) is 17.2. The summed E-state index contributed by atoms with van der Waals surface area (Å²) in [7, 11) is 0. The molecule has 0 fully saturated rings. The Labute approximate surface area is 144 Å². The number of benzene rings is 1. The molecule has 0 amide bonds. The third-order valence-electron chi connectivity index (χ3n) is 5.50. The second-order valence-electron chi connectivity index (χ2n) is 7.29. The smallest absolute Gasteiger partial charge is 0.0702 e. The van der Waals surface area contributed by atoms with Crippen molar-refractivity contribution in [2.24, 2.45) is 0 Å². The maximum atomic E-state index is 4.71. The second-order valence-corrected chi connectivity index (χ2v) is 7.29. The quantitative estimate of drug-likeness (QED) is 0.644. The number of aromatic nitrogens is 2. The summed E-state index contributed by atoms with van der Waals surface area (Å²) in [5.74, 6) is 0. The molecule has 3 rings (SSSR count). The van der Waals surface area contributed by atoms with E-state index in [0.717, 1.165) is 11.3 Å². The number of hydrogen-bond donors (Lipinski definition) is 0. The summed E-state index contributed by atoms with van der Waals surface area (Å²) in [5.41, 5.74) is 4.50. The molecular weight excluding hydrogens is 292 g/mol. The maximum absolute atomic E-state index is 4.71. The highest BCUT2D eigenvalue weighted by Gasteiger charge is 2.40. The van der Waals surface area contributed by atoms with Crippen LogP contribution in [0.3, 0.4) is 0 Å². The molecule has 0 saturated heterocycles. The highest BCUT2D eigenvalue weighted by Crippen LogP contribution is 2.43. The summed E-state index contributed by atoms with van der Waals surface area (Å²) in [4.78, 5) is 9.00. The summed E-state index contributed by atoms with van der Waals surface area (Å²) in [5, 5.41) is 0. The van der Waals surface area contributed by atoms with Crippen LogP contribution in [0.5, 0.6) is 0 Å². The van der Waals surface area contributed by atoms with Gasteiger partial charge in [-0.25, -0.2) is 0 Å². The molecule has 0 bridgehead atoms. The lowest BCUT2D eigenvalue weighted by molar-refractivity contribution is 0.301. The third-order valence-corrected chi connectivity index (χ3v) is 5.50. The molecule has 0 radical (unpaired) electrons. The van der Waals surface area contributed by atoms with Crippen LogP contribution in [0, 0.1) is 0 Å². The van der Waals surface area contributed by atoms with E-state index in [1.165, 1.54) is 11.1 Å². The van der Waals surface area contributed by atoms with Crippen molar-refractivity contribution in [1.82, 2.24) is 9.97 Å². The van der Waals surface area contributed by atoms with Crippen LogP contribution in [0.2, 0.25) is 0 Å². The molecular formula is C22H24N2. The second kappa shape index (κ2) is 6.20. The van der Waals surface area contributed by atoms with E-state index in [1.807, 2.05) is 42.9 Å². The molecule has 24 heavy (non-hydrogen) atoms. The lowest BCUT2D eigenvalue weighted by Crippen LogP contribution is -2.40. The van der Waals surface area contributed by atoms with Crippen LogP contribution in [0.25, 0.3) is 11.3 Å². The first-order valence-corrected chi connectivity index (χ1v) is 8.35. The van der Waals surface area contributed by atoms with Crippen LogP contribution in [0.15, 0.2) is 73.2 Å². The zero-order valence-electron chi connectivity index (χ0n) is 14.8. The van der Waals surface area contributed by atoms with Crippen molar-refractivity contribution in [2.45, 2.75) is 38.5 Å². The molecule has 0 aliphatic rings. The fourth-order valence-corrected chi connectivity index (χ4v) is 3.00. The van der Waals surface area contributed by atoms with Crippen LogP contribution in [-0.4, -0.2) is 9.97 Å². The van der Waals surface area contributed by atoms with Gasteiger partial charge in [-0.2, -0.15) is 0 Å². The minimum absolute atomic E-state index is 0.0583. The minimum atomic E-state index is -0.0712. The lowest BCUT2D eigenvalue weighted by Gasteiger charge is -2.42. The van der Waals surface area contributed by atoms with Crippen molar-refractivity contribution in [3.8, 4) is 11.3 Å². The summed E-state index contributed by atoms with van der Waals surface area (Å²) in [6.45, 7) is 9.10. The molecule has 0 spiro atoms. The first kappa shape index (κ1) is 16.4. The van der Waals surface area contributed by atoms with Gasteiger partial charge in [-0.1, -0.05) is 70.2 Å². The molecule has 122 valence electrons.